The van der Waals surface area contributed by atoms with E-state index in [0.717, 1.165) is 0 Å². The molecule has 0 unspecified atom stereocenters. The smallest absolute Gasteiger partial charge is 0.504 e. The molecule has 10 heavy (non-hydrogen) atoms. The highest BCUT2D eigenvalue weighted by atomic mass is 35.5. The molecule has 0 bridgehead atoms. The maximum absolute atomic E-state index is 8.35. The van der Waals surface area contributed by atoms with Crippen molar-refractivity contribution in [3.63, 3.8) is 0 Å². The Hall–Kier alpha value is -0.665. The second-order valence-electron chi connectivity index (χ2n) is 1.73. The largest absolute Gasteiger partial charge is 0.539 e. The number of rotatable bonds is 2. The quantitative estimate of drug-likeness (QED) is 0.647. The summed E-state index contributed by atoms with van der Waals surface area (Å²) in [5.74, 6) is 0.579. The molecule has 1 aromatic rings. The highest BCUT2D eigenvalue weighted by molar-refractivity contribution is 6.30. The number of hydrogen-bond acceptors (Lipinski definition) is 2. The van der Waals surface area contributed by atoms with Gasteiger partial charge >= 0.3 is 7.69 Å². The Morgan fingerprint density at radius 2 is 2.30 bits per heavy atom. The van der Waals surface area contributed by atoms with E-state index in [4.69, 9.17) is 21.3 Å². The molecule has 0 aromatic heterocycles. The fourth-order valence-electron chi connectivity index (χ4n) is 0.631. The zero-order valence-electron chi connectivity index (χ0n) is 5.25. The molecule has 0 aliphatic carbocycles. The standard InChI is InChI=1S/C6H6BClO2/c8-5-2-1-3-6(4-5)10-7-9/h1-4,7,9H. The molecule has 0 saturated carbocycles. The highest BCUT2D eigenvalue weighted by Crippen LogP contribution is 2.16. The van der Waals surface area contributed by atoms with E-state index in [1.54, 1.807) is 24.3 Å². The lowest BCUT2D eigenvalue weighted by Gasteiger charge is -1.99. The van der Waals surface area contributed by atoms with Crippen molar-refractivity contribution >= 4 is 19.3 Å². The summed E-state index contributed by atoms with van der Waals surface area (Å²) < 4.78 is 4.76. The van der Waals surface area contributed by atoms with E-state index in [1.807, 2.05) is 0 Å². The fourth-order valence-corrected chi connectivity index (χ4v) is 0.812. The lowest BCUT2D eigenvalue weighted by molar-refractivity contribution is 0.454. The summed E-state index contributed by atoms with van der Waals surface area (Å²) in [5.41, 5.74) is 0. The average molecular weight is 156 g/mol. The Labute approximate surface area is 64.7 Å². The van der Waals surface area contributed by atoms with Crippen molar-refractivity contribution in [3.8, 4) is 5.75 Å². The molecule has 2 nitrogen and oxygen atoms in total. The van der Waals surface area contributed by atoms with E-state index in [1.165, 1.54) is 0 Å². The Kier molecular flexibility index (Phi) is 2.60. The molecule has 0 radical (unpaired) electrons. The van der Waals surface area contributed by atoms with Gasteiger partial charge in [0.1, 0.15) is 5.75 Å². The molecule has 1 aromatic carbocycles. The van der Waals surface area contributed by atoms with Crippen molar-refractivity contribution in [2.24, 2.45) is 0 Å². The Bertz CT molecular complexity index is 217. The van der Waals surface area contributed by atoms with Gasteiger partial charge in [0.2, 0.25) is 0 Å². The van der Waals surface area contributed by atoms with Crippen LogP contribution in [0.5, 0.6) is 5.75 Å². The van der Waals surface area contributed by atoms with Gasteiger partial charge in [-0.05, 0) is 18.2 Å². The Balaban J connectivity index is 2.75. The van der Waals surface area contributed by atoms with Gasteiger partial charge in [-0.3, -0.25) is 0 Å². The van der Waals surface area contributed by atoms with Crippen molar-refractivity contribution in [2.45, 2.75) is 0 Å². The molecule has 1 N–H and O–H groups in total. The van der Waals surface area contributed by atoms with E-state index in [9.17, 15) is 0 Å². The third-order valence-electron chi connectivity index (χ3n) is 1.03. The van der Waals surface area contributed by atoms with Gasteiger partial charge in [0.15, 0.2) is 0 Å². The van der Waals surface area contributed by atoms with Crippen molar-refractivity contribution in [2.75, 3.05) is 0 Å². The van der Waals surface area contributed by atoms with Crippen LogP contribution in [-0.2, 0) is 0 Å². The zero-order chi connectivity index (χ0) is 7.40. The first kappa shape index (κ1) is 7.44. The molecule has 0 fully saturated rings. The van der Waals surface area contributed by atoms with Crippen LogP contribution in [-0.4, -0.2) is 12.7 Å². The molecule has 0 heterocycles. The Morgan fingerprint density at radius 3 is 2.90 bits per heavy atom. The predicted octanol–water partition coefficient (Wildman–Crippen LogP) is 0.978. The van der Waals surface area contributed by atoms with Gasteiger partial charge in [-0.1, -0.05) is 17.7 Å². The van der Waals surface area contributed by atoms with Gasteiger partial charge in [-0.15, -0.1) is 0 Å². The fraction of sp³-hybridized carbons (Fsp3) is 0. The second-order valence-corrected chi connectivity index (χ2v) is 2.17. The summed E-state index contributed by atoms with van der Waals surface area (Å²) in [6, 6.07) is 6.86. The van der Waals surface area contributed by atoms with Crippen LogP contribution < -0.4 is 4.65 Å². The number of hydrogen-bond donors (Lipinski definition) is 1. The minimum absolute atomic E-state index is 0.319. The van der Waals surface area contributed by atoms with Crippen LogP contribution in [0.4, 0.5) is 0 Å². The maximum atomic E-state index is 8.35. The summed E-state index contributed by atoms with van der Waals surface area (Å²) >= 11 is 5.62. The van der Waals surface area contributed by atoms with Crippen LogP contribution in [0.3, 0.4) is 0 Å². The van der Waals surface area contributed by atoms with Gasteiger partial charge in [-0.25, -0.2) is 0 Å². The van der Waals surface area contributed by atoms with Gasteiger partial charge in [0, 0.05) is 5.02 Å². The molecule has 4 heteroatoms. The molecule has 0 saturated heterocycles. The zero-order valence-corrected chi connectivity index (χ0v) is 6.01. The van der Waals surface area contributed by atoms with E-state index in [-0.39, 0.29) is 7.69 Å². The highest BCUT2D eigenvalue weighted by Gasteiger charge is 1.92. The van der Waals surface area contributed by atoms with E-state index < -0.39 is 0 Å². The number of benzene rings is 1. The van der Waals surface area contributed by atoms with Gasteiger partial charge in [0.05, 0.1) is 0 Å². The van der Waals surface area contributed by atoms with E-state index in [0.29, 0.717) is 10.8 Å². The van der Waals surface area contributed by atoms with E-state index in [2.05, 4.69) is 0 Å². The monoisotopic (exact) mass is 156 g/mol. The third kappa shape index (κ3) is 1.93. The molecule has 1 rings (SSSR count). The first-order valence-corrected chi connectivity index (χ1v) is 3.20. The van der Waals surface area contributed by atoms with Gasteiger partial charge in [0.25, 0.3) is 0 Å². The normalized spacial score (nSPS) is 9.00. The van der Waals surface area contributed by atoms with Crippen LogP contribution in [0.2, 0.25) is 5.02 Å². The van der Waals surface area contributed by atoms with Crippen molar-refractivity contribution < 1.29 is 9.68 Å². The molecular formula is C6H6BClO2. The molecule has 0 aliphatic rings. The van der Waals surface area contributed by atoms with E-state index >= 15 is 0 Å². The lowest BCUT2D eigenvalue weighted by Crippen LogP contribution is -1.98. The van der Waals surface area contributed by atoms with Crippen LogP contribution in [0.1, 0.15) is 0 Å². The first-order chi connectivity index (χ1) is 4.83. The van der Waals surface area contributed by atoms with Gasteiger partial charge in [-0.2, -0.15) is 0 Å². The van der Waals surface area contributed by atoms with Crippen molar-refractivity contribution in [1.29, 1.82) is 0 Å². The molecule has 0 amide bonds. The van der Waals surface area contributed by atoms with Crippen LogP contribution >= 0.6 is 11.6 Å². The summed E-state index contributed by atoms with van der Waals surface area (Å²) in [7, 11) is -0.319. The lowest BCUT2D eigenvalue weighted by atomic mass is 10.3. The molecular weight excluding hydrogens is 150 g/mol. The molecule has 0 spiro atoms. The molecule has 0 atom stereocenters. The summed E-state index contributed by atoms with van der Waals surface area (Å²) in [6.45, 7) is 0. The first-order valence-electron chi connectivity index (χ1n) is 2.82. The minimum atomic E-state index is -0.319. The maximum Gasteiger partial charge on any atom is 0.504 e. The minimum Gasteiger partial charge on any atom is -0.539 e. The van der Waals surface area contributed by atoms with Crippen LogP contribution in [0.25, 0.3) is 0 Å². The predicted molar refractivity (Wildman–Crippen MR) is 41.4 cm³/mol. The average Bonchev–Trinajstić information content (AvgIpc) is 1.88. The van der Waals surface area contributed by atoms with Crippen LogP contribution in [0, 0.1) is 0 Å². The van der Waals surface area contributed by atoms with Gasteiger partial charge < -0.3 is 9.68 Å². The topological polar surface area (TPSA) is 29.5 Å². The van der Waals surface area contributed by atoms with Crippen molar-refractivity contribution in [1.82, 2.24) is 0 Å². The molecule has 0 aliphatic heterocycles. The SMILES string of the molecule is OBOc1cccc(Cl)c1. The molecule has 52 valence electrons. The summed E-state index contributed by atoms with van der Waals surface area (Å²) in [4.78, 5) is 0. The second kappa shape index (κ2) is 3.49. The number of halogens is 1. The van der Waals surface area contributed by atoms with Crippen LogP contribution in [0.15, 0.2) is 24.3 Å². The Morgan fingerprint density at radius 1 is 1.50 bits per heavy atom. The van der Waals surface area contributed by atoms with Crippen molar-refractivity contribution in [3.05, 3.63) is 29.3 Å². The summed E-state index contributed by atoms with van der Waals surface area (Å²) in [6.07, 6.45) is 0. The third-order valence-corrected chi connectivity index (χ3v) is 1.26. The summed E-state index contributed by atoms with van der Waals surface area (Å²) in [5, 5.41) is 8.95.